The number of carbonyl (C=O) groups excluding carboxylic acids is 1. The second-order valence-electron chi connectivity index (χ2n) is 5.40. The van der Waals surface area contributed by atoms with Gasteiger partial charge in [0.1, 0.15) is 11.9 Å². The molecule has 1 fully saturated rings. The normalized spacial score (nSPS) is 19.3. The molecule has 5 nitrogen and oxygen atoms in total. The third-order valence-corrected chi connectivity index (χ3v) is 3.73. The van der Waals surface area contributed by atoms with E-state index in [0.29, 0.717) is 23.0 Å². The molecule has 2 atom stereocenters. The Morgan fingerprint density at radius 3 is 2.73 bits per heavy atom. The van der Waals surface area contributed by atoms with Gasteiger partial charge in [0.2, 0.25) is 5.91 Å². The first kappa shape index (κ1) is 14.1. The van der Waals surface area contributed by atoms with Crippen LogP contribution in [0.5, 0.6) is 0 Å². The van der Waals surface area contributed by atoms with E-state index in [1.807, 2.05) is 6.92 Å². The van der Waals surface area contributed by atoms with E-state index in [1.54, 1.807) is 12.1 Å². The summed E-state index contributed by atoms with van der Waals surface area (Å²) in [5.41, 5.74) is 0.984. The molecule has 0 spiro atoms. The summed E-state index contributed by atoms with van der Waals surface area (Å²) < 4.78 is 13.6. The highest BCUT2D eigenvalue weighted by atomic mass is 19.1. The third kappa shape index (κ3) is 2.79. The number of anilines is 1. The zero-order valence-corrected chi connectivity index (χ0v) is 11.9. The van der Waals surface area contributed by atoms with Crippen molar-refractivity contribution in [2.75, 3.05) is 5.32 Å². The van der Waals surface area contributed by atoms with E-state index < -0.39 is 5.82 Å². The predicted octanol–water partition coefficient (Wildman–Crippen LogP) is 2.75. The smallest absolute Gasteiger partial charge is 0.228 e. The first-order valence-electron chi connectivity index (χ1n) is 6.91. The van der Waals surface area contributed by atoms with Gasteiger partial charge in [-0.05, 0) is 24.5 Å². The second-order valence-corrected chi connectivity index (χ2v) is 5.40. The Morgan fingerprint density at radius 1 is 1.41 bits per heavy atom. The summed E-state index contributed by atoms with van der Waals surface area (Å²) in [6, 6.07) is 6.02. The maximum Gasteiger partial charge on any atom is 0.228 e. The van der Waals surface area contributed by atoms with Gasteiger partial charge in [-0.25, -0.2) is 9.37 Å². The molecule has 1 amide bonds. The Bertz CT molecular complexity index is 767. The first-order chi connectivity index (χ1) is 10.6. The van der Waals surface area contributed by atoms with Crippen LogP contribution >= 0.6 is 0 Å². The highest BCUT2D eigenvalue weighted by Gasteiger charge is 2.39. The molecule has 2 aromatic rings. The summed E-state index contributed by atoms with van der Waals surface area (Å²) in [5.74, 6) is 0.228. The zero-order valence-electron chi connectivity index (χ0n) is 11.9. The number of rotatable bonds is 3. The maximum absolute atomic E-state index is 13.6. The van der Waals surface area contributed by atoms with Crippen LogP contribution in [0.2, 0.25) is 0 Å². The minimum absolute atomic E-state index is 0.0147. The average Bonchev–Trinajstić information content (AvgIpc) is 3.25. The van der Waals surface area contributed by atoms with Crippen LogP contribution in [0.3, 0.4) is 0 Å². The van der Waals surface area contributed by atoms with Crippen molar-refractivity contribution in [2.45, 2.75) is 13.3 Å². The fraction of sp³-hybridized carbons (Fsp3) is 0.250. The molecule has 110 valence electrons. The molecule has 0 unspecified atom stereocenters. The minimum Gasteiger partial charge on any atom is -0.309 e. The van der Waals surface area contributed by atoms with Gasteiger partial charge in [-0.3, -0.25) is 9.78 Å². The Kier molecular flexibility index (Phi) is 3.55. The number of benzene rings is 1. The fourth-order valence-electron chi connectivity index (χ4n) is 2.21. The molecule has 0 saturated heterocycles. The van der Waals surface area contributed by atoms with Gasteiger partial charge in [-0.1, -0.05) is 13.0 Å². The molecular weight excluding hydrogens is 283 g/mol. The van der Waals surface area contributed by atoms with E-state index in [4.69, 9.17) is 5.26 Å². The van der Waals surface area contributed by atoms with Gasteiger partial charge in [0.05, 0.1) is 23.7 Å². The lowest BCUT2D eigenvalue weighted by molar-refractivity contribution is -0.117. The molecule has 6 heteroatoms. The van der Waals surface area contributed by atoms with Crippen molar-refractivity contribution in [3.05, 3.63) is 42.0 Å². The Hall–Kier alpha value is -2.81. The van der Waals surface area contributed by atoms with Crippen LogP contribution < -0.4 is 5.32 Å². The van der Waals surface area contributed by atoms with Crippen molar-refractivity contribution < 1.29 is 9.18 Å². The standard InChI is InChI=1S/C16H13FN4O/c1-9-4-12(9)16(22)21-15-8-19-14(7-20-15)10-2-3-11(6-18)13(17)5-10/h2-3,5,7-9,12H,4H2,1H3,(H,20,21,22)/t9-,12+/m0/s1. The molecule has 1 saturated carbocycles. The summed E-state index contributed by atoms with van der Waals surface area (Å²) in [5, 5.41) is 11.4. The van der Waals surface area contributed by atoms with Gasteiger partial charge in [0.15, 0.2) is 5.82 Å². The number of aromatic nitrogens is 2. The molecule has 3 rings (SSSR count). The first-order valence-corrected chi connectivity index (χ1v) is 6.91. The van der Waals surface area contributed by atoms with Crippen molar-refractivity contribution in [3.8, 4) is 17.3 Å². The molecule has 1 aromatic carbocycles. The van der Waals surface area contributed by atoms with Gasteiger partial charge >= 0.3 is 0 Å². The largest absolute Gasteiger partial charge is 0.309 e. The van der Waals surface area contributed by atoms with Crippen molar-refractivity contribution in [3.63, 3.8) is 0 Å². The molecule has 22 heavy (non-hydrogen) atoms. The Morgan fingerprint density at radius 2 is 2.18 bits per heavy atom. The lowest BCUT2D eigenvalue weighted by Crippen LogP contribution is -2.15. The van der Waals surface area contributed by atoms with Gasteiger partial charge in [-0.15, -0.1) is 0 Å². The quantitative estimate of drug-likeness (QED) is 0.944. The molecule has 0 radical (unpaired) electrons. The number of amides is 1. The molecule has 1 aromatic heterocycles. The van der Waals surface area contributed by atoms with Crippen LogP contribution in [0.25, 0.3) is 11.3 Å². The van der Waals surface area contributed by atoms with Crippen LogP contribution in [0.4, 0.5) is 10.2 Å². The van der Waals surface area contributed by atoms with Crippen LogP contribution in [-0.2, 0) is 4.79 Å². The van der Waals surface area contributed by atoms with Crippen LogP contribution in [0.15, 0.2) is 30.6 Å². The van der Waals surface area contributed by atoms with E-state index in [2.05, 4.69) is 15.3 Å². The molecule has 1 heterocycles. The van der Waals surface area contributed by atoms with Crippen LogP contribution in [-0.4, -0.2) is 15.9 Å². The number of nitrogens with zero attached hydrogens (tertiary/aromatic N) is 3. The highest BCUT2D eigenvalue weighted by Crippen LogP contribution is 2.38. The molecule has 1 N–H and O–H groups in total. The highest BCUT2D eigenvalue weighted by molar-refractivity contribution is 5.93. The Labute approximate surface area is 126 Å². The number of hydrogen-bond donors (Lipinski definition) is 1. The molecular formula is C16H13FN4O. The predicted molar refractivity (Wildman–Crippen MR) is 78.0 cm³/mol. The molecule has 1 aliphatic rings. The maximum atomic E-state index is 13.6. The summed E-state index contributed by atoms with van der Waals surface area (Å²) in [7, 11) is 0. The second kappa shape index (κ2) is 5.53. The zero-order chi connectivity index (χ0) is 15.7. The van der Waals surface area contributed by atoms with E-state index in [0.717, 1.165) is 6.42 Å². The van der Waals surface area contributed by atoms with Crippen molar-refractivity contribution in [1.29, 1.82) is 5.26 Å². The summed E-state index contributed by atoms with van der Waals surface area (Å²) in [4.78, 5) is 20.1. The van der Waals surface area contributed by atoms with Gasteiger partial charge in [0, 0.05) is 11.5 Å². The number of hydrogen-bond acceptors (Lipinski definition) is 4. The summed E-state index contributed by atoms with van der Waals surface area (Å²) in [6.07, 6.45) is 3.81. The van der Waals surface area contributed by atoms with Crippen LogP contribution in [0, 0.1) is 29.0 Å². The van der Waals surface area contributed by atoms with E-state index in [-0.39, 0.29) is 17.4 Å². The summed E-state index contributed by atoms with van der Waals surface area (Å²) in [6.45, 7) is 2.03. The summed E-state index contributed by atoms with van der Waals surface area (Å²) >= 11 is 0. The van der Waals surface area contributed by atoms with Crippen molar-refractivity contribution in [1.82, 2.24) is 9.97 Å². The third-order valence-electron chi connectivity index (χ3n) is 3.73. The van der Waals surface area contributed by atoms with E-state index in [9.17, 15) is 9.18 Å². The van der Waals surface area contributed by atoms with Crippen molar-refractivity contribution >= 4 is 11.7 Å². The van der Waals surface area contributed by atoms with Crippen LogP contribution in [0.1, 0.15) is 18.9 Å². The van der Waals surface area contributed by atoms with E-state index in [1.165, 1.54) is 24.5 Å². The van der Waals surface area contributed by atoms with E-state index >= 15 is 0 Å². The molecule has 0 bridgehead atoms. The number of halogens is 1. The fourth-order valence-corrected chi connectivity index (χ4v) is 2.21. The van der Waals surface area contributed by atoms with Gasteiger partial charge in [-0.2, -0.15) is 5.26 Å². The monoisotopic (exact) mass is 296 g/mol. The average molecular weight is 296 g/mol. The van der Waals surface area contributed by atoms with Crippen molar-refractivity contribution in [2.24, 2.45) is 11.8 Å². The number of carbonyl (C=O) groups is 1. The van der Waals surface area contributed by atoms with Gasteiger partial charge < -0.3 is 5.32 Å². The number of nitrogens with one attached hydrogen (secondary N) is 1. The SMILES string of the molecule is C[C@H]1C[C@H]1C(=O)Nc1cnc(-c2ccc(C#N)c(F)c2)cn1. The lowest BCUT2D eigenvalue weighted by Gasteiger charge is -2.05. The number of nitriles is 1. The Balaban J connectivity index is 1.75. The molecule has 0 aliphatic heterocycles. The van der Waals surface area contributed by atoms with Gasteiger partial charge in [0.25, 0.3) is 0 Å². The topological polar surface area (TPSA) is 78.7 Å². The lowest BCUT2D eigenvalue weighted by atomic mass is 10.1. The molecule has 1 aliphatic carbocycles. The minimum atomic E-state index is -0.595.